The predicted molar refractivity (Wildman–Crippen MR) is 79.8 cm³/mol. The molecule has 0 radical (unpaired) electrons. The highest BCUT2D eigenvalue weighted by Crippen LogP contribution is 2.63. The molecule has 1 saturated heterocycles. The number of nitrogens with zero attached hydrogens (tertiary/aromatic N) is 1. The summed E-state index contributed by atoms with van der Waals surface area (Å²) in [6.45, 7) is 2.17. The standard InChI is InChI=1S/C17H21NO4/c1-12(13-6-4-3-5-7-13)18-10-16(11-19)8-9-17(16,14(18)20)15(21)22-2/h3-7,12,19H,8-11H2,1-2H3. The van der Waals surface area contributed by atoms with E-state index in [1.54, 1.807) is 4.90 Å². The van der Waals surface area contributed by atoms with Crippen molar-refractivity contribution < 1.29 is 19.4 Å². The van der Waals surface area contributed by atoms with Crippen LogP contribution < -0.4 is 0 Å². The molecule has 1 aliphatic carbocycles. The van der Waals surface area contributed by atoms with Crippen molar-refractivity contribution >= 4 is 11.9 Å². The number of aliphatic hydroxyl groups excluding tert-OH is 1. The second-order valence-corrected chi connectivity index (χ2v) is 6.36. The van der Waals surface area contributed by atoms with Crippen molar-refractivity contribution in [1.82, 2.24) is 4.90 Å². The molecule has 1 saturated carbocycles. The first-order chi connectivity index (χ1) is 10.5. The fourth-order valence-electron chi connectivity index (χ4n) is 3.99. The molecule has 1 aromatic carbocycles. The van der Waals surface area contributed by atoms with E-state index in [2.05, 4.69) is 0 Å². The molecule has 0 spiro atoms. The third-order valence-electron chi connectivity index (χ3n) is 5.57. The van der Waals surface area contributed by atoms with E-state index >= 15 is 0 Å². The van der Waals surface area contributed by atoms with Crippen LogP contribution in [0.5, 0.6) is 0 Å². The molecule has 118 valence electrons. The first-order valence-corrected chi connectivity index (χ1v) is 7.58. The van der Waals surface area contributed by atoms with Gasteiger partial charge in [0.05, 0.1) is 19.8 Å². The summed E-state index contributed by atoms with van der Waals surface area (Å²) in [6, 6.07) is 9.59. The zero-order chi connectivity index (χ0) is 16.0. The number of ether oxygens (including phenoxy) is 1. The summed E-state index contributed by atoms with van der Waals surface area (Å²) in [4.78, 5) is 27.0. The van der Waals surface area contributed by atoms with Crippen LogP contribution in [0.1, 0.15) is 31.4 Å². The summed E-state index contributed by atoms with van der Waals surface area (Å²) in [5.74, 6) is -0.725. The molecular formula is C17H21NO4. The number of fused-ring (bicyclic) bond motifs is 1. The molecule has 1 amide bonds. The highest BCUT2D eigenvalue weighted by atomic mass is 16.5. The fourth-order valence-corrected chi connectivity index (χ4v) is 3.99. The second kappa shape index (κ2) is 5.09. The van der Waals surface area contributed by atoms with Crippen LogP contribution in [0.3, 0.4) is 0 Å². The Balaban J connectivity index is 1.97. The molecule has 1 heterocycles. The molecule has 2 aliphatic rings. The Kier molecular flexibility index (Phi) is 3.48. The summed E-state index contributed by atoms with van der Waals surface area (Å²) in [6.07, 6.45) is 1.12. The highest BCUT2D eigenvalue weighted by Gasteiger charge is 2.74. The first kappa shape index (κ1) is 15.0. The lowest BCUT2D eigenvalue weighted by molar-refractivity contribution is -0.180. The summed E-state index contributed by atoms with van der Waals surface area (Å²) in [7, 11) is 1.30. The Labute approximate surface area is 129 Å². The number of benzene rings is 1. The van der Waals surface area contributed by atoms with Crippen LogP contribution in [0.4, 0.5) is 0 Å². The SMILES string of the molecule is COC(=O)C12CCC1(CO)CN(C(C)c1ccccc1)C2=O. The number of likely N-dealkylation sites (tertiary alicyclic amines) is 1. The minimum atomic E-state index is -1.19. The monoisotopic (exact) mass is 303 g/mol. The van der Waals surface area contributed by atoms with E-state index in [-0.39, 0.29) is 18.6 Å². The molecule has 2 fully saturated rings. The molecule has 3 unspecified atom stereocenters. The highest BCUT2D eigenvalue weighted by molar-refractivity contribution is 6.07. The Morgan fingerprint density at radius 1 is 1.36 bits per heavy atom. The lowest BCUT2D eigenvalue weighted by Gasteiger charge is -2.49. The number of hydrogen-bond acceptors (Lipinski definition) is 4. The average Bonchev–Trinajstić information content (AvgIpc) is 2.71. The Hall–Kier alpha value is -1.88. The van der Waals surface area contributed by atoms with Gasteiger partial charge in [-0.25, -0.2) is 0 Å². The van der Waals surface area contributed by atoms with Gasteiger partial charge in [-0.05, 0) is 25.3 Å². The lowest BCUT2D eigenvalue weighted by Crippen LogP contribution is -2.59. The number of aliphatic hydroxyl groups is 1. The van der Waals surface area contributed by atoms with E-state index in [4.69, 9.17) is 4.74 Å². The van der Waals surface area contributed by atoms with E-state index in [0.717, 1.165) is 5.56 Å². The van der Waals surface area contributed by atoms with Gasteiger partial charge < -0.3 is 14.7 Å². The number of hydrogen-bond donors (Lipinski definition) is 1. The Bertz CT molecular complexity index is 598. The number of methoxy groups -OCH3 is 1. The predicted octanol–water partition coefficient (Wildman–Crippen LogP) is 1.52. The zero-order valence-electron chi connectivity index (χ0n) is 12.9. The van der Waals surface area contributed by atoms with Crippen LogP contribution in [-0.4, -0.2) is 42.1 Å². The normalized spacial score (nSPS) is 31.4. The van der Waals surface area contributed by atoms with Crippen LogP contribution in [0.25, 0.3) is 0 Å². The van der Waals surface area contributed by atoms with Crippen molar-refractivity contribution in [3.8, 4) is 0 Å². The third-order valence-corrected chi connectivity index (χ3v) is 5.57. The van der Waals surface area contributed by atoms with Gasteiger partial charge in [0.25, 0.3) is 0 Å². The van der Waals surface area contributed by atoms with Gasteiger partial charge in [0, 0.05) is 12.0 Å². The van der Waals surface area contributed by atoms with Gasteiger partial charge in [0.1, 0.15) is 0 Å². The molecule has 3 rings (SSSR count). The summed E-state index contributed by atoms with van der Waals surface area (Å²) in [5.41, 5.74) is -0.870. The van der Waals surface area contributed by atoms with Gasteiger partial charge in [-0.1, -0.05) is 30.3 Å². The van der Waals surface area contributed by atoms with E-state index in [0.29, 0.717) is 19.4 Å². The molecule has 1 aromatic rings. The molecule has 5 nitrogen and oxygen atoms in total. The van der Waals surface area contributed by atoms with E-state index in [1.165, 1.54) is 7.11 Å². The molecule has 1 N–H and O–H groups in total. The molecule has 0 aromatic heterocycles. The van der Waals surface area contributed by atoms with Crippen molar-refractivity contribution in [3.63, 3.8) is 0 Å². The van der Waals surface area contributed by atoms with Crippen molar-refractivity contribution in [2.24, 2.45) is 10.8 Å². The topological polar surface area (TPSA) is 66.8 Å². The molecule has 0 bridgehead atoms. The lowest BCUT2D eigenvalue weighted by atomic mass is 9.51. The largest absolute Gasteiger partial charge is 0.468 e. The van der Waals surface area contributed by atoms with Gasteiger partial charge in [0.15, 0.2) is 5.41 Å². The quantitative estimate of drug-likeness (QED) is 0.676. The van der Waals surface area contributed by atoms with Gasteiger partial charge in [-0.15, -0.1) is 0 Å². The number of carbonyl (C=O) groups is 2. The van der Waals surface area contributed by atoms with Crippen LogP contribution in [0, 0.1) is 10.8 Å². The molecule has 22 heavy (non-hydrogen) atoms. The maximum Gasteiger partial charge on any atom is 0.322 e. The first-order valence-electron chi connectivity index (χ1n) is 7.58. The number of esters is 1. The molecular weight excluding hydrogens is 282 g/mol. The third kappa shape index (κ3) is 1.69. The van der Waals surface area contributed by atoms with Crippen LogP contribution in [0.2, 0.25) is 0 Å². The molecule has 3 atom stereocenters. The maximum atomic E-state index is 13.0. The van der Waals surface area contributed by atoms with Gasteiger partial charge >= 0.3 is 5.97 Å². The minimum Gasteiger partial charge on any atom is -0.468 e. The zero-order valence-corrected chi connectivity index (χ0v) is 12.9. The smallest absolute Gasteiger partial charge is 0.322 e. The molecule has 5 heteroatoms. The second-order valence-electron chi connectivity index (χ2n) is 6.36. The van der Waals surface area contributed by atoms with E-state index in [9.17, 15) is 14.7 Å². The van der Waals surface area contributed by atoms with Crippen molar-refractivity contribution in [1.29, 1.82) is 0 Å². The van der Waals surface area contributed by atoms with E-state index in [1.807, 2.05) is 37.3 Å². The fraction of sp³-hybridized carbons (Fsp3) is 0.529. The van der Waals surface area contributed by atoms with Crippen molar-refractivity contribution in [3.05, 3.63) is 35.9 Å². The van der Waals surface area contributed by atoms with Crippen molar-refractivity contribution in [2.75, 3.05) is 20.3 Å². The minimum absolute atomic E-state index is 0.135. The van der Waals surface area contributed by atoms with Crippen LogP contribution in [0.15, 0.2) is 30.3 Å². The number of rotatable bonds is 4. The van der Waals surface area contributed by atoms with Gasteiger partial charge in [-0.3, -0.25) is 9.59 Å². The Morgan fingerprint density at radius 3 is 2.55 bits per heavy atom. The van der Waals surface area contributed by atoms with Crippen LogP contribution >= 0.6 is 0 Å². The van der Waals surface area contributed by atoms with Crippen LogP contribution in [-0.2, 0) is 14.3 Å². The molecule has 1 aliphatic heterocycles. The summed E-state index contributed by atoms with van der Waals surface area (Å²) < 4.78 is 4.89. The van der Waals surface area contributed by atoms with Crippen molar-refractivity contribution in [2.45, 2.75) is 25.8 Å². The summed E-state index contributed by atoms with van der Waals surface area (Å²) in [5, 5.41) is 9.86. The number of amides is 1. The average molecular weight is 303 g/mol. The number of carbonyl (C=O) groups excluding carboxylic acids is 2. The van der Waals surface area contributed by atoms with Gasteiger partial charge in [0.2, 0.25) is 5.91 Å². The van der Waals surface area contributed by atoms with Gasteiger partial charge in [-0.2, -0.15) is 0 Å². The Morgan fingerprint density at radius 2 is 2.05 bits per heavy atom. The maximum absolute atomic E-state index is 13.0. The van der Waals surface area contributed by atoms with E-state index < -0.39 is 16.8 Å². The summed E-state index contributed by atoms with van der Waals surface area (Å²) >= 11 is 0.